The van der Waals surface area contributed by atoms with Gasteiger partial charge in [0.2, 0.25) is 0 Å². The third-order valence-corrected chi connectivity index (χ3v) is 2.62. The molecule has 0 aliphatic heterocycles. The summed E-state index contributed by atoms with van der Waals surface area (Å²) in [6.07, 6.45) is 1.81. The molecule has 0 aliphatic rings. The summed E-state index contributed by atoms with van der Waals surface area (Å²) in [5, 5.41) is 3.04. The normalized spacial score (nSPS) is 10.6. The number of aromatic nitrogens is 1. The molecule has 0 spiro atoms. The zero-order chi connectivity index (χ0) is 7.84. The predicted molar refractivity (Wildman–Crippen MR) is 48.8 cm³/mol. The van der Waals surface area contributed by atoms with Crippen LogP contribution in [-0.4, -0.2) is 4.98 Å². The van der Waals surface area contributed by atoms with E-state index in [1.807, 2.05) is 24.6 Å². The fraction of sp³-hybridized carbons (Fsp3) is 0.125. The number of aryl methyl sites for hydroxylation is 1. The SMILES string of the molecule is Cc1ccnc2scc(N)c12. The topological polar surface area (TPSA) is 38.9 Å². The van der Waals surface area contributed by atoms with Crippen molar-refractivity contribution >= 4 is 27.2 Å². The van der Waals surface area contributed by atoms with Crippen LogP contribution in [0.3, 0.4) is 0 Å². The van der Waals surface area contributed by atoms with Crippen LogP contribution in [0.4, 0.5) is 5.69 Å². The fourth-order valence-electron chi connectivity index (χ4n) is 1.15. The molecule has 2 aromatic rings. The molecule has 2 rings (SSSR count). The Hall–Kier alpha value is -1.09. The van der Waals surface area contributed by atoms with E-state index in [9.17, 15) is 0 Å². The highest BCUT2D eigenvalue weighted by Gasteiger charge is 2.02. The van der Waals surface area contributed by atoms with E-state index in [0.717, 1.165) is 15.9 Å². The Morgan fingerprint density at radius 2 is 2.36 bits per heavy atom. The monoisotopic (exact) mass is 164 g/mol. The second-order valence-electron chi connectivity index (χ2n) is 2.50. The lowest BCUT2D eigenvalue weighted by Gasteiger charge is -1.94. The molecule has 0 saturated carbocycles. The van der Waals surface area contributed by atoms with Crippen molar-refractivity contribution < 1.29 is 0 Å². The lowest BCUT2D eigenvalue weighted by molar-refractivity contribution is 1.40. The van der Waals surface area contributed by atoms with Gasteiger partial charge in [-0.25, -0.2) is 4.98 Å². The predicted octanol–water partition coefficient (Wildman–Crippen LogP) is 2.19. The van der Waals surface area contributed by atoms with Gasteiger partial charge in [0, 0.05) is 17.0 Å². The van der Waals surface area contributed by atoms with Gasteiger partial charge in [0.05, 0.1) is 5.69 Å². The maximum atomic E-state index is 5.75. The summed E-state index contributed by atoms with van der Waals surface area (Å²) >= 11 is 1.59. The highest BCUT2D eigenvalue weighted by Crippen LogP contribution is 2.28. The van der Waals surface area contributed by atoms with Crippen LogP contribution in [-0.2, 0) is 0 Å². The minimum absolute atomic E-state index is 0.843. The largest absolute Gasteiger partial charge is 0.397 e. The van der Waals surface area contributed by atoms with Crippen molar-refractivity contribution in [3.05, 3.63) is 23.2 Å². The quantitative estimate of drug-likeness (QED) is 0.648. The second-order valence-corrected chi connectivity index (χ2v) is 3.36. The zero-order valence-corrected chi connectivity index (χ0v) is 6.98. The second kappa shape index (κ2) is 2.20. The first-order valence-corrected chi connectivity index (χ1v) is 4.25. The molecule has 2 nitrogen and oxygen atoms in total. The molecule has 0 unspecified atom stereocenters. The number of hydrogen-bond donors (Lipinski definition) is 1. The van der Waals surface area contributed by atoms with E-state index in [4.69, 9.17) is 5.73 Å². The van der Waals surface area contributed by atoms with E-state index in [1.165, 1.54) is 5.56 Å². The lowest BCUT2D eigenvalue weighted by Crippen LogP contribution is -1.83. The standard InChI is InChI=1S/C8H8N2S/c1-5-2-3-10-8-7(5)6(9)4-11-8/h2-4H,9H2,1H3. The van der Waals surface area contributed by atoms with Gasteiger partial charge < -0.3 is 5.73 Å². The Bertz CT molecular complexity index is 392. The van der Waals surface area contributed by atoms with Crippen LogP contribution < -0.4 is 5.73 Å². The molecule has 2 aromatic heterocycles. The molecular formula is C8H8N2S. The van der Waals surface area contributed by atoms with E-state index in [2.05, 4.69) is 4.98 Å². The van der Waals surface area contributed by atoms with Crippen molar-refractivity contribution in [3.63, 3.8) is 0 Å². The Morgan fingerprint density at radius 3 is 3.09 bits per heavy atom. The van der Waals surface area contributed by atoms with Gasteiger partial charge >= 0.3 is 0 Å². The van der Waals surface area contributed by atoms with Crippen molar-refractivity contribution in [1.82, 2.24) is 4.98 Å². The molecule has 0 saturated heterocycles. The molecule has 2 N–H and O–H groups in total. The summed E-state index contributed by atoms with van der Waals surface area (Å²) in [4.78, 5) is 5.23. The van der Waals surface area contributed by atoms with Crippen molar-refractivity contribution in [3.8, 4) is 0 Å². The number of nitrogens with zero attached hydrogens (tertiary/aromatic N) is 1. The number of fused-ring (bicyclic) bond motifs is 1. The highest BCUT2D eigenvalue weighted by molar-refractivity contribution is 7.17. The van der Waals surface area contributed by atoms with Gasteiger partial charge in [-0.05, 0) is 18.6 Å². The van der Waals surface area contributed by atoms with Crippen LogP contribution in [0, 0.1) is 6.92 Å². The Morgan fingerprint density at radius 1 is 1.55 bits per heavy atom. The number of nitrogens with two attached hydrogens (primary N) is 1. The molecular weight excluding hydrogens is 156 g/mol. The highest BCUT2D eigenvalue weighted by atomic mass is 32.1. The van der Waals surface area contributed by atoms with Crippen LogP contribution >= 0.6 is 11.3 Å². The van der Waals surface area contributed by atoms with Crippen LogP contribution in [0.1, 0.15) is 5.56 Å². The van der Waals surface area contributed by atoms with Crippen molar-refractivity contribution in [1.29, 1.82) is 0 Å². The molecule has 0 aliphatic carbocycles. The maximum Gasteiger partial charge on any atom is 0.125 e. The van der Waals surface area contributed by atoms with E-state index in [1.54, 1.807) is 11.3 Å². The molecule has 0 atom stereocenters. The third-order valence-electron chi connectivity index (χ3n) is 1.71. The van der Waals surface area contributed by atoms with Gasteiger partial charge in [-0.2, -0.15) is 0 Å². The summed E-state index contributed by atoms with van der Waals surface area (Å²) in [6.45, 7) is 2.05. The first-order valence-electron chi connectivity index (χ1n) is 3.37. The van der Waals surface area contributed by atoms with Gasteiger partial charge in [0.25, 0.3) is 0 Å². The first-order chi connectivity index (χ1) is 5.29. The van der Waals surface area contributed by atoms with Gasteiger partial charge in [0.1, 0.15) is 4.83 Å². The fourth-order valence-corrected chi connectivity index (χ4v) is 2.03. The Balaban J connectivity index is 2.96. The van der Waals surface area contributed by atoms with E-state index < -0.39 is 0 Å². The van der Waals surface area contributed by atoms with Gasteiger partial charge in [-0.1, -0.05) is 0 Å². The molecule has 0 radical (unpaired) electrons. The van der Waals surface area contributed by atoms with Gasteiger partial charge in [-0.15, -0.1) is 11.3 Å². The Labute approximate surface area is 68.7 Å². The van der Waals surface area contributed by atoms with Crippen LogP contribution in [0.5, 0.6) is 0 Å². The molecule has 11 heavy (non-hydrogen) atoms. The molecule has 56 valence electrons. The minimum Gasteiger partial charge on any atom is -0.397 e. The smallest absolute Gasteiger partial charge is 0.125 e. The number of rotatable bonds is 0. The number of nitrogen functional groups attached to an aromatic ring is 1. The van der Waals surface area contributed by atoms with Gasteiger partial charge in [0.15, 0.2) is 0 Å². The average Bonchev–Trinajstić information content (AvgIpc) is 2.34. The van der Waals surface area contributed by atoms with E-state index >= 15 is 0 Å². The molecule has 0 fully saturated rings. The average molecular weight is 164 g/mol. The van der Waals surface area contributed by atoms with E-state index in [0.29, 0.717) is 0 Å². The molecule has 3 heteroatoms. The van der Waals surface area contributed by atoms with Crippen molar-refractivity contribution in [2.75, 3.05) is 5.73 Å². The maximum absolute atomic E-state index is 5.75. The van der Waals surface area contributed by atoms with Crippen molar-refractivity contribution in [2.45, 2.75) is 6.92 Å². The summed E-state index contributed by atoms with van der Waals surface area (Å²) in [5.41, 5.74) is 7.79. The molecule has 0 aromatic carbocycles. The summed E-state index contributed by atoms with van der Waals surface area (Å²) in [5.74, 6) is 0. The van der Waals surface area contributed by atoms with Crippen LogP contribution in [0.15, 0.2) is 17.6 Å². The first kappa shape index (κ1) is 6.61. The zero-order valence-electron chi connectivity index (χ0n) is 6.16. The Kier molecular flexibility index (Phi) is 1.32. The third kappa shape index (κ3) is 0.886. The van der Waals surface area contributed by atoms with Crippen LogP contribution in [0.2, 0.25) is 0 Å². The minimum atomic E-state index is 0.843. The summed E-state index contributed by atoms with van der Waals surface area (Å²) in [7, 11) is 0. The number of pyridine rings is 1. The van der Waals surface area contributed by atoms with Gasteiger partial charge in [-0.3, -0.25) is 0 Å². The molecule has 0 bridgehead atoms. The number of thiophene rings is 1. The number of anilines is 1. The molecule has 2 heterocycles. The lowest BCUT2D eigenvalue weighted by atomic mass is 10.2. The summed E-state index contributed by atoms with van der Waals surface area (Å²) < 4.78 is 0. The van der Waals surface area contributed by atoms with Crippen LogP contribution in [0.25, 0.3) is 10.2 Å². The summed E-state index contributed by atoms with van der Waals surface area (Å²) in [6, 6.07) is 1.98. The van der Waals surface area contributed by atoms with Crippen molar-refractivity contribution in [2.24, 2.45) is 0 Å². The number of hydrogen-bond acceptors (Lipinski definition) is 3. The molecule has 0 amide bonds. The van der Waals surface area contributed by atoms with E-state index in [-0.39, 0.29) is 0 Å².